The van der Waals surface area contributed by atoms with E-state index in [4.69, 9.17) is 5.73 Å². The van der Waals surface area contributed by atoms with Crippen molar-refractivity contribution in [2.75, 3.05) is 50.9 Å². The van der Waals surface area contributed by atoms with Crippen LogP contribution in [-0.4, -0.2) is 71.1 Å². The smallest absolute Gasteiger partial charge is 0.229 e. The van der Waals surface area contributed by atoms with E-state index in [1.54, 1.807) is 0 Å². The summed E-state index contributed by atoms with van der Waals surface area (Å²) in [6.07, 6.45) is 5.88. The summed E-state index contributed by atoms with van der Waals surface area (Å²) >= 11 is 0. The Labute approximate surface area is 144 Å². The van der Waals surface area contributed by atoms with Gasteiger partial charge in [-0.25, -0.2) is 0 Å². The number of fused-ring (bicyclic) bond motifs is 2. The average Bonchev–Trinajstić information content (AvgIpc) is 3.18. The van der Waals surface area contributed by atoms with E-state index in [1.165, 1.54) is 38.8 Å². The van der Waals surface area contributed by atoms with Crippen molar-refractivity contribution in [3.8, 4) is 0 Å². The number of nitrogens with two attached hydrogens (primary N) is 1. The monoisotopic (exact) mass is 331 g/mol. The summed E-state index contributed by atoms with van der Waals surface area (Å²) in [5.74, 6) is 3.73. The van der Waals surface area contributed by atoms with Gasteiger partial charge in [0.2, 0.25) is 11.9 Å². The molecule has 7 nitrogen and oxygen atoms in total. The summed E-state index contributed by atoms with van der Waals surface area (Å²) in [5, 5.41) is 0. The van der Waals surface area contributed by atoms with Gasteiger partial charge >= 0.3 is 0 Å². The Balaban J connectivity index is 1.33. The zero-order valence-corrected chi connectivity index (χ0v) is 14.9. The van der Waals surface area contributed by atoms with Crippen molar-refractivity contribution in [3.63, 3.8) is 0 Å². The number of nitrogens with zero attached hydrogens (tertiary/aromatic N) is 6. The number of piperazine rings is 1. The molecule has 2 bridgehead atoms. The summed E-state index contributed by atoms with van der Waals surface area (Å²) in [6.45, 7) is 5.30. The molecule has 2 saturated carbocycles. The van der Waals surface area contributed by atoms with E-state index in [1.807, 2.05) is 19.0 Å². The van der Waals surface area contributed by atoms with Crippen molar-refractivity contribution in [1.29, 1.82) is 0 Å². The molecular formula is C17H29N7. The maximum Gasteiger partial charge on any atom is 0.229 e. The van der Waals surface area contributed by atoms with Crippen LogP contribution in [0.25, 0.3) is 0 Å². The molecular weight excluding hydrogens is 302 g/mol. The summed E-state index contributed by atoms with van der Waals surface area (Å²) in [5.41, 5.74) is 5.83. The Morgan fingerprint density at radius 1 is 1.04 bits per heavy atom. The zero-order valence-electron chi connectivity index (χ0n) is 14.9. The van der Waals surface area contributed by atoms with Gasteiger partial charge in [-0.15, -0.1) is 0 Å². The summed E-state index contributed by atoms with van der Waals surface area (Å²) in [7, 11) is 3.85. The molecule has 1 aromatic heterocycles. The summed E-state index contributed by atoms with van der Waals surface area (Å²) < 4.78 is 0. The molecule has 0 amide bonds. The third-order valence-electron chi connectivity index (χ3n) is 6.03. The van der Waals surface area contributed by atoms with Gasteiger partial charge < -0.3 is 10.6 Å². The number of anilines is 2. The maximum atomic E-state index is 5.83. The zero-order chi connectivity index (χ0) is 16.7. The first-order chi connectivity index (χ1) is 11.6. The fraction of sp³-hybridized carbons (Fsp3) is 0.824. The van der Waals surface area contributed by atoms with Crippen molar-refractivity contribution in [3.05, 3.63) is 5.82 Å². The molecule has 2 heterocycles. The van der Waals surface area contributed by atoms with Crippen LogP contribution in [0.4, 0.5) is 11.9 Å². The molecule has 1 aliphatic heterocycles. The lowest BCUT2D eigenvalue weighted by Crippen LogP contribution is -2.51. The molecule has 3 aliphatic rings. The van der Waals surface area contributed by atoms with Gasteiger partial charge in [0.15, 0.2) is 0 Å². The van der Waals surface area contributed by atoms with Crippen molar-refractivity contribution in [1.82, 2.24) is 24.8 Å². The highest BCUT2D eigenvalue weighted by Gasteiger charge is 2.42. The van der Waals surface area contributed by atoms with Crippen LogP contribution < -0.4 is 10.6 Å². The normalized spacial score (nSPS) is 30.8. The molecule has 1 aromatic rings. The van der Waals surface area contributed by atoms with Gasteiger partial charge in [0, 0.05) is 46.3 Å². The van der Waals surface area contributed by atoms with E-state index in [9.17, 15) is 0 Å². The molecule has 4 rings (SSSR count). The third kappa shape index (κ3) is 3.19. The second-order valence-corrected chi connectivity index (χ2v) is 7.86. The molecule has 0 aromatic carbocycles. The first kappa shape index (κ1) is 16.0. The molecule has 0 unspecified atom stereocenters. The van der Waals surface area contributed by atoms with Crippen molar-refractivity contribution < 1.29 is 0 Å². The summed E-state index contributed by atoms with van der Waals surface area (Å²) in [4.78, 5) is 20.1. The fourth-order valence-electron chi connectivity index (χ4n) is 4.81. The molecule has 1 saturated heterocycles. The molecule has 132 valence electrons. The Kier molecular flexibility index (Phi) is 4.30. The van der Waals surface area contributed by atoms with Gasteiger partial charge in [0.25, 0.3) is 0 Å². The van der Waals surface area contributed by atoms with Gasteiger partial charge in [0.05, 0.1) is 6.54 Å². The van der Waals surface area contributed by atoms with E-state index < -0.39 is 0 Å². The molecule has 3 fully saturated rings. The quantitative estimate of drug-likeness (QED) is 0.876. The van der Waals surface area contributed by atoms with Gasteiger partial charge in [-0.05, 0) is 31.1 Å². The third-order valence-corrected chi connectivity index (χ3v) is 6.03. The maximum absolute atomic E-state index is 5.83. The Morgan fingerprint density at radius 2 is 1.83 bits per heavy atom. The van der Waals surface area contributed by atoms with E-state index in [2.05, 4.69) is 24.8 Å². The van der Waals surface area contributed by atoms with Gasteiger partial charge in [0.1, 0.15) is 5.82 Å². The van der Waals surface area contributed by atoms with Crippen molar-refractivity contribution >= 4 is 11.9 Å². The minimum absolute atomic E-state index is 0.310. The van der Waals surface area contributed by atoms with Crippen LogP contribution in [0, 0.1) is 11.8 Å². The highest BCUT2D eigenvalue weighted by atomic mass is 15.3. The SMILES string of the molecule is CN(C)c1nc(N)nc(CN2CCN([C@H]3C[C@H]4CC[C@H]3C4)CC2)n1. The van der Waals surface area contributed by atoms with E-state index in [0.29, 0.717) is 11.9 Å². The Bertz CT molecular complexity index is 582. The lowest BCUT2D eigenvalue weighted by molar-refractivity contribution is 0.0668. The number of hydrogen-bond donors (Lipinski definition) is 1. The lowest BCUT2D eigenvalue weighted by atomic mass is 9.93. The second kappa shape index (κ2) is 6.44. The Hall–Kier alpha value is -1.47. The minimum atomic E-state index is 0.310. The summed E-state index contributed by atoms with van der Waals surface area (Å²) in [6, 6.07) is 0.860. The first-order valence-electron chi connectivity index (χ1n) is 9.22. The lowest BCUT2D eigenvalue weighted by Gasteiger charge is -2.40. The van der Waals surface area contributed by atoms with Crippen LogP contribution in [0.3, 0.4) is 0 Å². The Morgan fingerprint density at radius 3 is 2.46 bits per heavy atom. The highest BCUT2D eigenvalue weighted by Crippen LogP contribution is 2.46. The molecule has 24 heavy (non-hydrogen) atoms. The van der Waals surface area contributed by atoms with E-state index in [-0.39, 0.29) is 0 Å². The van der Waals surface area contributed by atoms with Crippen LogP contribution in [-0.2, 0) is 6.54 Å². The van der Waals surface area contributed by atoms with Crippen LogP contribution in [0.1, 0.15) is 31.5 Å². The highest BCUT2D eigenvalue weighted by molar-refractivity contribution is 5.32. The number of hydrogen-bond acceptors (Lipinski definition) is 7. The van der Waals surface area contributed by atoms with Crippen LogP contribution >= 0.6 is 0 Å². The van der Waals surface area contributed by atoms with Crippen molar-refractivity contribution in [2.45, 2.75) is 38.3 Å². The van der Waals surface area contributed by atoms with E-state index >= 15 is 0 Å². The standard InChI is InChI=1S/C17H29N7/c1-22(2)17-20-15(19-16(18)21-17)11-23-5-7-24(8-6-23)14-10-12-3-4-13(14)9-12/h12-14H,3-11H2,1-2H3,(H2,18,19,20,21)/t12-,13-,14-/m0/s1. The average molecular weight is 331 g/mol. The largest absolute Gasteiger partial charge is 0.368 e. The van der Waals surface area contributed by atoms with Gasteiger partial charge in [-0.3, -0.25) is 9.80 Å². The molecule has 0 spiro atoms. The number of nitrogen functional groups attached to an aromatic ring is 1. The number of rotatable bonds is 4. The minimum Gasteiger partial charge on any atom is -0.368 e. The molecule has 3 atom stereocenters. The molecule has 7 heteroatoms. The van der Waals surface area contributed by atoms with Crippen LogP contribution in [0.2, 0.25) is 0 Å². The van der Waals surface area contributed by atoms with Crippen LogP contribution in [0.15, 0.2) is 0 Å². The second-order valence-electron chi connectivity index (χ2n) is 7.86. The predicted octanol–water partition coefficient (Wildman–Crippen LogP) is 0.826. The topological polar surface area (TPSA) is 74.4 Å². The van der Waals surface area contributed by atoms with Gasteiger partial charge in [-0.2, -0.15) is 15.0 Å². The predicted molar refractivity (Wildman–Crippen MR) is 94.7 cm³/mol. The fourth-order valence-corrected chi connectivity index (χ4v) is 4.81. The van der Waals surface area contributed by atoms with Crippen LogP contribution in [0.5, 0.6) is 0 Å². The molecule has 2 aliphatic carbocycles. The first-order valence-corrected chi connectivity index (χ1v) is 9.22. The van der Waals surface area contributed by atoms with Gasteiger partial charge in [-0.1, -0.05) is 6.42 Å². The van der Waals surface area contributed by atoms with E-state index in [0.717, 1.165) is 43.3 Å². The molecule has 2 N–H and O–H groups in total. The number of aromatic nitrogens is 3. The molecule has 0 radical (unpaired) electrons. The van der Waals surface area contributed by atoms with Crippen molar-refractivity contribution in [2.24, 2.45) is 11.8 Å².